The number of aromatic nitrogens is 4. The molecular formula is C21H24ClN7O6S3. The number of hydrogen-bond donors (Lipinski definition) is 2. The van der Waals surface area contributed by atoms with Crippen molar-refractivity contribution in [3.05, 3.63) is 54.2 Å². The second-order valence-electron chi connectivity index (χ2n) is 8.33. The summed E-state index contributed by atoms with van der Waals surface area (Å²) >= 11 is 0. The summed E-state index contributed by atoms with van der Waals surface area (Å²) in [6.45, 7) is 1.63. The monoisotopic (exact) mass is 601 g/mol. The molecule has 0 aliphatic carbocycles. The maximum absolute atomic E-state index is 12.3. The number of sulfone groups is 1. The van der Waals surface area contributed by atoms with E-state index in [1.54, 1.807) is 49.2 Å². The van der Waals surface area contributed by atoms with Gasteiger partial charge in [0.1, 0.15) is 5.82 Å². The first-order valence-electron chi connectivity index (χ1n) is 10.5. The van der Waals surface area contributed by atoms with E-state index in [1.807, 2.05) is 0 Å². The molecule has 2 aromatic carbocycles. The molecule has 0 bridgehead atoms. The Hall–Kier alpha value is -3.31. The van der Waals surface area contributed by atoms with Gasteiger partial charge in [0.2, 0.25) is 16.0 Å². The van der Waals surface area contributed by atoms with E-state index in [-0.39, 0.29) is 34.2 Å². The molecule has 17 heteroatoms. The Kier molecular flexibility index (Phi) is 7.78. The van der Waals surface area contributed by atoms with Crippen LogP contribution < -0.4 is 15.4 Å². The Morgan fingerprint density at radius 2 is 1.66 bits per heavy atom. The smallest absolute Gasteiger partial charge is 0.252 e. The molecule has 0 aliphatic rings. The van der Waals surface area contributed by atoms with Crippen LogP contribution >= 0.6 is 12.4 Å². The molecule has 4 aromatic rings. The first-order chi connectivity index (χ1) is 17.1. The highest BCUT2D eigenvalue weighted by Crippen LogP contribution is 2.30. The van der Waals surface area contributed by atoms with Gasteiger partial charge in [-0.3, -0.25) is 0 Å². The van der Waals surface area contributed by atoms with Crippen LogP contribution in [0.3, 0.4) is 0 Å². The van der Waals surface area contributed by atoms with Gasteiger partial charge in [-0.25, -0.2) is 35.4 Å². The molecule has 2 aromatic heterocycles. The van der Waals surface area contributed by atoms with Gasteiger partial charge in [0.15, 0.2) is 14.9 Å². The molecule has 0 saturated carbocycles. The summed E-state index contributed by atoms with van der Waals surface area (Å²) < 4.78 is 73.1. The zero-order chi connectivity index (χ0) is 27.3. The third-order valence-electron chi connectivity index (χ3n) is 5.37. The third kappa shape index (κ3) is 5.88. The maximum atomic E-state index is 12.3. The van der Waals surface area contributed by atoms with Crippen molar-refractivity contribution in [2.24, 2.45) is 5.14 Å². The van der Waals surface area contributed by atoms with Crippen molar-refractivity contribution in [1.29, 1.82) is 0 Å². The Morgan fingerprint density at radius 1 is 0.974 bits per heavy atom. The second-order valence-corrected chi connectivity index (χ2v) is 13.6. The Morgan fingerprint density at radius 3 is 2.26 bits per heavy atom. The zero-order valence-electron chi connectivity index (χ0n) is 20.5. The molecule has 0 atom stereocenters. The number of fused-ring (bicyclic) bond motifs is 1. The van der Waals surface area contributed by atoms with Crippen LogP contribution in [0.1, 0.15) is 5.56 Å². The van der Waals surface area contributed by atoms with E-state index in [4.69, 9.17) is 5.14 Å². The summed E-state index contributed by atoms with van der Waals surface area (Å²) in [6.07, 6.45) is 3.28. The standard InChI is InChI=1S/C21H23N7O6S3.ClH/c1-13-5-6-14(11-18(13)37(22,33)34)24-21-23-10-9-19(25-21)27(2)15-7-8-16-17(12-15)26-28(36(4,31)32)20(16)35(3,29)30;/h5-12H,1-4H3,(H2,22,33,34)(H,23,24,25);1H. The molecule has 0 aliphatic heterocycles. The molecule has 0 radical (unpaired) electrons. The van der Waals surface area contributed by atoms with Crippen LogP contribution in [0.4, 0.5) is 23.1 Å². The number of primary sulfonamides is 1. The normalized spacial score (nSPS) is 12.2. The van der Waals surface area contributed by atoms with E-state index in [1.165, 1.54) is 18.3 Å². The van der Waals surface area contributed by atoms with Crippen molar-refractivity contribution < 1.29 is 25.3 Å². The summed E-state index contributed by atoms with van der Waals surface area (Å²) in [4.78, 5) is 10.2. The summed E-state index contributed by atoms with van der Waals surface area (Å²) in [7, 11) is -10.1. The van der Waals surface area contributed by atoms with Gasteiger partial charge in [0, 0.05) is 36.3 Å². The second kappa shape index (κ2) is 10.1. The number of nitrogens with zero attached hydrogens (tertiary/aromatic N) is 5. The van der Waals surface area contributed by atoms with E-state index in [2.05, 4.69) is 20.4 Å². The molecule has 3 N–H and O–H groups in total. The number of hydrogen-bond acceptors (Lipinski definition) is 11. The minimum Gasteiger partial charge on any atom is -0.329 e. The van der Waals surface area contributed by atoms with E-state index < -0.39 is 34.9 Å². The van der Waals surface area contributed by atoms with Crippen LogP contribution in [0.15, 0.2) is 58.6 Å². The van der Waals surface area contributed by atoms with Gasteiger partial charge in [0.05, 0.1) is 16.7 Å². The van der Waals surface area contributed by atoms with Gasteiger partial charge < -0.3 is 10.2 Å². The van der Waals surface area contributed by atoms with E-state index in [0.29, 0.717) is 26.8 Å². The fourth-order valence-electron chi connectivity index (χ4n) is 3.65. The van der Waals surface area contributed by atoms with Crippen molar-refractivity contribution in [1.82, 2.24) is 19.2 Å². The number of rotatable bonds is 7. The van der Waals surface area contributed by atoms with Crippen LogP contribution in [-0.2, 0) is 29.9 Å². The average molecular weight is 602 g/mol. The van der Waals surface area contributed by atoms with Crippen molar-refractivity contribution in [2.45, 2.75) is 16.8 Å². The van der Waals surface area contributed by atoms with Gasteiger partial charge in [-0.2, -0.15) is 10.1 Å². The van der Waals surface area contributed by atoms with Gasteiger partial charge in [-0.15, -0.1) is 16.5 Å². The highest BCUT2D eigenvalue weighted by molar-refractivity contribution is 7.93. The first-order valence-corrected chi connectivity index (χ1v) is 15.7. The van der Waals surface area contributed by atoms with Gasteiger partial charge >= 0.3 is 0 Å². The molecule has 0 amide bonds. The Balaban J connectivity index is 0.00000400. The van der Waals surface area contributed by atoms with Crippen LogP contribution in [0.5, 0.6) is 0 Å². The maximum Gasteiger partial charge on any atom is 0.252 e. The number of nitrogens with two attached hydrogens (primary N) is 1. The van der Waals surface area contributed by atoms with E-state index >= 15 is 0 Å². The van der Waals surface area contributed by atoms with Gasteiger partial charge in [-0.05, 0) is 48.9 Å². The third-order valence-corrected chi connectivity index (χ3v) is 8.53. The predicted octanol–water partition coefficient (Wildman–Crippen LogP) is 1.93. The van der Waals surface area contributed by atoms with Crippen molar-refractivity contribution in [2.75, 3.05) is 29.8 Å². The Labute approximate surface area is 226 Å². The zero-order valence-corrected chi connectivity index (χ0v) is 23.8. The van der Waals surface area contributed by atoms with Gasteiger partial charge in [-0.1, -0.05) is 6.07 Å². The number of anilines is 4. The minimum absolute atomic E-state index is 0. The number of nitrogens with one attached hydrogen (secondary N) is 1. The lowest BCUT2D eigenvalue weighted by molar-refractivity contribution is 0.570. The first kappa shape index (κ1) is 29.2. The number of sulfonamides is 1. The van der Waals surface area contributed by atoms with Crippen LogP contribution in [0, 0.1) is 6.92 Å². The molecule has 38 heavy (non-hydrogen) atoms. The largest absolute Gasteiger partial charge is 0.329 e. The Bertz CT molecular complexity index is 1870. The summed E-state index contributed by atoms with van der Waals surface area (Å²) in [5.41, 5.74) is 1.62. The molecule has 2 heterocycles. The van der Waals surface area contributed by atoms with Crippen LogP contribution in [0.2, 0.25) is 0 Å². The molecule has 13 nitrogen and oxygen atoms in total. The van der Waals surface area contributed by atoms with Gasteiger partial charge in [0.25, 0.3) is 10.0 Å². The average Bonchev–Trinajstić information content (AvgIpc) is 3.19. The summed E-state index contributed by atoms with van der Waals surface area (Å²) in [5, 5.41) is 12.0. The molecular weight excluding hydrogens is 578 g/mol. The quantitative estimate of drug-likeness (QED) is 0.315. The SMILES string of the molecule is Cc1ccc(Nc2nccc(N(C)c3ccc4c(S(C)(=O)=O)n(S(C)(=O)=O)nc4c3)n2)cc1S(N)(=O)=O.Cl. The molecule has 204 valence electrons. The molecule has 0 unspecified atom stereocenters. The van der Waals surface area contributed by atoms with E-state index in [0.717, 1.165) is 12.5 Å². The molecule has 4 rings (SSSR count). The highest BCUT2D eigenvalue weighted by Gasteiger charge is 2.26. The lowest BCUT2D eigenvalue weighted by Gasteiger charge is -2.19. The number of benzene rings is 2. The lowest BCUT2D eigenvalue weighted by atomic mass is 10.2. The summed E-state index contributed by atoms with van der Waals surface area (Å²) in [6, 6.07) is 10.9. The number of aryl methyl sites for hydroxylation is 1. The van der Waals surface area contributed by atoms with Crippen LogP contribution in [-0.4, -0.2) is 64.0 Å². The van der Waals surface area contributed by atoms with Crippen molar-refractivity contribution in [3.63, 3.8) is 0 Å². The number of halogens is 1. The highest BCUT2D eigenvalue weighted by atomic mass is 35.5. The fourth-order valence-corrected chi connectivity index (χ4v) is 6.80. The minimum atomic E-state index is -3.98. The topological polar surface area (TPSA) is 187 Å². The molecule has 0 saturated heterocycles. The van der Waals surface area contributed by atoms with Crippen molar-refractivity contribution >= 4 is 76.3 Å². The van der Waals surface area contributed by atoms with Crippen LogP contribution in [0.25, 0.3) is 10.9 Å². The fraction of sp³-hybridized carbons (Fsp3) is 0.190. The predicted molar refractivity (Wildman–Crippen MR) is 146 cm³/mol. The molecule has 0 fully saturated rings. The lowest BCUT2D eigenvalue weighted by Crippen LogP contribution is -2.17. The van der Waals surface area contributed by atoms with Crippen molar-refractivity contribution in [3.8, 4) is 0 Å². The summed E-state index contributed by atoms with van der Waals surface area (Å²) in [5.74, 6) is 0.608. The molecule has 0 spiro atoms. The van der Waals surface area contributed by atoms with E-state index in [9.17, 15) is 25.3 Å².